The second-order valence-corrected chi connectivity index (χ2v) is 15.8. The van der Waals surface area contributed by atoms with Gasteiger partial charge in [-0.2, -0.15) is 0 Å². The van der Waals surface area contributed by atoms with Crippen molar-refractivity contribution in [1.29, 1.82) is 0 Å². The number of hydrogen-bond acceptors (Lipinski definition) is 0. The average molecular weight is 621 g/mol. The summed E-state index contributed by atoms with van der Waals surface area (Å²) in [6.07, 6.45) is 12.1. The van der Waals surface area contributed by atoms with Crippen molar-refractivity contribution in [3.63, 3.8) is 0 Å². The van der Waals surface area contributed by atoms with Gasteiger partial charge in [0.1, 0.15) is 0 Å². The highest BCUT2D eigenvalue weighted by Crippen LogP contribution is 2.72. The summed E-state index contributed by atoms with van der Waals surface area (Å²) in [5.41, 5.74) is 25.2. The van der Waals surface area contributed by atoms with Gasteiger partial charge in [0.2, 0.25) is 0 Å². The van der Waals surface area contributed by atoms with Crippen molar-refractivity contribution in [2.45, 2.75) is 115 Å². The van der Waals surface area contributed by atoms with E-state index >= 15 is 0 Å². The quantitative estimate of drug-likeness (QED) is 0.175. The minimum atomic E-state index is 0.278. The van der Waals surface area contributed by atoms with Crippen LogP contribution in [0.4, 0.5) is 0 Å². The Morgan fingerprint density at radius 2 is 1.17 bits per heavy atom. The van der Waals surface area contributed by atoms with Gasteiger partial charge in [-0.25, -0.2) is 0 Å². The van der Waals surface area contributed by atoms with Gasteiger partial charge in [-0.3, -0.25) is 0 Å². The Morgan fingerprint density at radius 1 is 0.553 bits per heavy atom. The van der Waals surface area contributed by atoms with E-state index in [2.05, 4.69) is 143 Å². The zero-order valence-electron chi connectivity index (χ0n) is 31.1. The summed E-state index contributed by atoms with van der Waals surface area (Å²) in [7, 11) is 0. The maximum Gasteiger partial charge on any atom is 0.00128 e. The van der Waals surface area contributed by atoms with Crippen LogP contribution >= 0.6 is 0 Å². The molecule has 6 rings (SSSR count). The van der Waals surface area contributed by atoms with Gasteiger partial charge in [-0.05, 0) is 202 Å². The molecule has 1 fully saturated rings. The number of allylic oxidation sites excluding steroid dienone is 4. The molecule has 0 amide bonds. The third kappa shape index (κ3) is 6.22. The zero-order chi connectivity index (χ0) is 33.8. The molecule has 2 aliphatic carbocycles. The summed E-state index contributed by atoms with van der Waals surface area (Å²) in [6.45, 7) is 25.4. The summed E-state index contributed by atoms with van der Waals surface area (Å²) < 4.78 is 0. The number of aryl methyl sites for hydroxylation is 8. The molecule has 4 aromatic carbocycles. The molecule has 0 heteroatoms. The van der Waals surface area contributed by atoms with Crippen molar-refractivity contribution in [2.24, 2.45) is 10.8 Å². The first kappa shape index (κ1) is 33.3. The fraction of sp³-hybridized carbons (Fsp3) is 0.404. The van der Waals surface area contributed by atoms with Gasteiger partial charge >= 0.3 is 0 Å². The van der Waals surface area contributed by atoms with Crippen LogP contribution in [-0.2, 0) is 25.7 Å². The summed E-state index contributed by atoms with van der Waals surface area (Å²) in [4.78, 5) is 0. The molecule has 0 heterocycles. The molecule has 0 aromatic heterocycles. The van der Waals surface area contributed by atoms with E-state index in [-0.39, 0.29) is 5.41 Å². The maximum atomic E-state index is 2.64. The lowest BCUT2D eigenvalue weighted by molar-refractivity contribution is 0.439. The van der Waals surface area contributed by atoms with Crippen molar-refractivity contribution in [3.8, 4) is 11.1 Å². The fourth-order valence-electron chi connectivity index (χ4n) is 9.11. The first-order chi connectivity index (χ1) is 22.2. The molecule has 0 saturated heterocycles. The van der Waals surface area contributed by atoms with Crippen LogP contribution in [0.3, 0.4) is 0 Å². The van der Waals surface area contributed by atoms with Gasteiger partial charge in [0, 0.05) is 5.41 Å². The van der Waals surface area contributed by atoms with E-state index in [1.54, 1.807) is 5.57 Å². The smallest absolute Gasteiger partial charge is 0.00128 e. The van der Waals surface area contributed by atoms with Crippen molar-refractivity contribution in [3.05, 3.63) is 150 Å². The number of rotatable bonds is 9. The van der Waals surface area contributed by atoms with Crippen LogP contribution in [0.1, 0.15) is 99.0 Å². The van der Waals surface area contributed by atoms with E-state index in [1.807, 2.05) is 0 Å². The minimum absolute atomic E-state index is 0.278. The van der Waals surface area contributed by atoms with E-state index in [9.17, 15) is 0 Å². The minimum Gasteiger partial charge on any atom is -0.0741 e. The number of fused-ring (bicyclic) bond motifs is 1. The molecule has 0 bridgehead atoms. The van der Waals surface area contributed by atoms with Gasteiger partial charge in [0.15, 0.2) is 0 Å². The van der Waals surface area contributed by atoms with Crippen molar-refractivity contribution < 1.29 is 0 Å². The molecule has 2 unspecified atom stereocenters. The Labute approximate surface area is 286 Å². The van der Waals surface area contributed by atoms with Crippen LogP contribution in [0.25, 0.3) is 11.1 Å². The molecule has 2 atom stereocenters. The molecular formula is C47H56. The third-order valence-electron chi connectivity index (χ3n) is 12.6. The fourth-order valence-corrected chi connectivity index (χ4v) is 9.11. The van der Waals surface area contributed by atoms with Crippen molar-refractivity contribution in [2.75, 3.05) is 0 Å². The molecule has 0 nitrogen and oxygen atoms in total. The highest BCUT2D eigenvalue weighted by Gasteiger charge is 2.64. The Kier molecular flexibility index (Phi) is 8.80. The second-order valence-electron chi connectivity index (χ2n) is 15.8. The molecule has 0 spiro atoms. The lowest BCUT2D eigenvalue weighted by Crippen LogP contribution is -2.17. The monoisotopic (exact) mass is 620 g/mol. The standard InChI is InChI=1S/C47H56/c1-29-12-13-42(23-30(29)2)43-15-14-41(32(4)24-43)18-19-47-28-46(47,11)27-40(25-36(47)8)26-39-21-34(6)44(35(7)22-39)16-17-45-33(5)20-31(3)37(9)38(45)10/h12-15,20-25,27H,16-19,26,28H2,1-11H3. The molecule has 4 aromatic rings. The maximum absolute atomic E-state index is 2.64. The van der Waals surface area contributed by atoms with Gasteiger partial charge in [-0.1, -0.05) is 79.2 Å². The summed E-state index contributed by atoms with van der Waals surface area (Å²) in [6, 6.07) is 21.2. The van der Waals surface area contributed by atoms with Crippen LogP contribution < -0.4 is 0 Å². The topological polar surface area (TPSA) is 0 Å². The molecule has 0 N–H and O–H groups in total. The van der Waals surface area contributed by atoms with Crippen molar-refractivity contribution >= 4 is 0 Å². The van der Waals surface area contributed by atoms with Crippen molar-refractivity contribution in [1.82, 2.24) is 0 Å². The second kappa shape index (κ2) is 12.4. The van der Waals surface area contributed by atoms with E-state index in [4.69, 9.17) is 0 Å². The van der Waals surface area contributed by atoms with Gasteiger partial charge < -0.3 is 0 Å². The number of hydrogen-bond donors (Lipinski definition) is 0. The average Bonchev–Trinajstić information content (AvgIpc) is 3.63. The third-order valence-corrected chi connectivity index (χ3v) is 12.6. The number of benzene rings is 4. The Hall–Kier alpha value is -3.64. The van der Waals surface area contributed by atoms with E-state index in [1.165, 1.54) is 102 Å². The Balaban J connectivity index is 1.12. The molecule has 1 saturated carbocycles. The highest BCUT2D eigenvalue weighted by atomic mass is 14.7. The normalized spacial score (nSPS) is 20.1. The summed E-state index contributed by atoms with van der Waals surface area (Å²) in [5.74, 6) is 0. The summed E-state index contributed by atoms with van der Waals surface area (Å²) >= 11 is 0. The SMILES string of the molecule is CC1=CC(Cc2cc(C)c(CCc3c(C)cc(C)c(C)c3C)c(C)c2)=CC2(C)CC12CCc1ccc(-c2ccc(C)c(C)c2)cc1C. The summed E-state index contributed by atoms with van der Waals surface area (Å²) in [5, 5.41) is 0. The van der Waals surface area contributed by atoms with Crippen LogP contribution in [-0.4, -0.2) is 0 Å². The molecule has 47 heavy (non-hydrogen) atoms. The predicted molar refractivity (Wildman–Crippen MR) is 204 cm³/mol. The van der Waals surface area contributed by atoms with Crippen LogP contribution in [0.15, 0.2) is 77.9 Å². The predicted octanol–water partition coefficient (Wildman–Crippen LogP) is 12.4. The first-order valence-corrected chi connectivity index (χ1v) is 17.9. The van der Waals surface area contributed by atoms with Crippen LogP contribution in [0.2, 0.25) is 0 Å². The van der Waals surface area contributed by atoms with E-state index < -0.39 is 0 Å². The largest absolute Gasteiger partial charge is 0.0741 e. The van der Waals surface area contributed by atoms with Crippen LogP contribution in [0.5, 0.6) is 0 Å². The van der Waals surface area contributed by atoms with E-state index in [0.717, 1.165) is 25.7 Å². The molecular weight excluding hydrogens is 565 g/mol. The molecule has 2 aliphatic rings. The van der Waals surface area contributed by atoms with Gasteiger partial charge in [0.25, 0.3) is 0 Å². The highest BCUT2D eigenvalue weighted by molar-refractivity contribution is 5.66. The first-order valence-electron chi connectivity index (χ1n) is 17.9. The van der Waals surface area contributed by atoms with Crippen LogP contribution in [0, 0.1) is 73.1 Å². The van der Waals surface area contributed by atoms with Gasteiger partial charge in [0.05, 0.1) is 0 Å². The molecule has 0 radical (unpaired) electrons. The Bertz CT molecular complexity index is 1920. The Morgan fingerprint density at radius 3 is 1.81 bits per heavy atom. The van der Waals surface area contributed by atoms with Gasteiger partial charge in [-0.15, -0.1) is 0 Å². The molecule has 0 aliphatic heterocycles. The zero-order valence-corrected chi connectivity index (χ0v) is 31.1. The molecule has 244 valence electrons. The lowest BCUT2D eigenvalue weighted by Gasteiger charge is -2.28. The van der Waals surface area contributed by atoms with E-state index in [0.29, 0.717) is 5.41 Å². The lowest BCUT2D eigenvalue weighted by atomic mass is 9.77.